The maximum atomic E-state index is 11.0. The first kappa shape index (κ1) is 15.6. The van der Waals surface area contributed by atoms with Gasteiger partial charge in [0.05, 0.1) is 0 Å². The predicted molar refractivity (Wildman–Crippen MR) is 86.9 cm³/mol. The number of phenolic OH excluding ortho intramolecular Hbond substituents is 1. The Balaban J connectivity index is 2.01. The van der Waals surface area contributed by atoms with E-state index in [-0.39, 0.29) is 5.75 Å². The van der Waals surface area contributed by atoms with E-state index in [4.69, 9.17) is 9.84 Å². The van der Waals surface area contributed by atoms with Gasteiger partial charge in [0.2, 0.25) is 0 Å². The Morgan fingerprint density at radius 1 is 1.10 bits per heavy atom. The standard InChI is InChI=1S/C15H14INO4/c16-17-14(15(19)20)9-10-1-5-12(6-2-10)21-13-7-3-11(18)4-8-13/h1-8,14,17-18H,9H2,(H,19,20). The molecule has 3 N–H and O–H groups in total. The first-order valence-corrected chi connectivity index (χ1v) is 7.31. The number of ether oxygens (including phenoxy) is 1. The van der Waals surface area contributed by atoms with Crippen molar-refractivity contribution in [1.82, 2.24) is 3.53 Å². The molecule has 5 nitrogen and oxygen atoms in total. The second kappa shape index (κ2) is 7.28. The Morgan fingerprint density at radius 3 is 2.10 bits per heavy atom. The molecule has 0 saturated heterocycles. The molecular weight excluding hydrogens is 385 g/mol. The van der Waals surface area contributed by atoms with E-state index in [1.165, 1.54) is 0 Å². The van der Waals surface area contributed by atoms with Crippen LogP contribution >= 0.6 is 22.9 Å². The van der Waals surface area contributed by atoms with Gasteiger partial charge in [-0.2, -0.15) is 0 Å². The van der Waals surface area contributed by atoms with Gasteiger partial charge in [0.25, 0.3) is 0 Å². The lowest BCUT2D eigenvalue weighted by atomic mass is 10.1. The summed E-state index contributed by atoms with van der Waals surface area (Å²) >= 11 is 1.84. The Kier molecular flexibility index (Phi) is 5.40. The van der Waals surface area contributed by atoms with Crippen LogP contribution in [0, 0.1) is 0 Å². The molecule has 0 spiro atoms. The van der Waals surface area contributed by atoms with Crippen molar-refractivity contribution in [2.24, 2.45) is 0 Å². The Morgan fingerprint density at radius 2 is 1.62 bits per heavy atom. The van der Waals surface area contributed by atoms with Crippen molar-refractivity contribution in [2.45, 2.75) is 12.5 Å². The first-order chi connectivity index (χ1) is 10.1. The van der Waals surface area contributed by atoms with Crippen LogP contribution in [0.1, 0.15) is 5.56 Å². The van der Waals surface area contributed by atoms with Crippen molar-refractivity contribution < 1.29 is 19.7 Å². The van der Waals surface area contributed by atoms with E-state index in [0.29, 0.717) is 17.9 Å². The highest BCUT2D eigenvalue weighted by Crippen LogP contribution is 2.23. The highest BCUT2D eigenvalue weighted by molar-refractivity contribution is 14.1. The fourth-order valence-corrected chi connectivity index (χ4v) is 2.24. The molecule has 0 saturated carbocycles. The van der Waals surface area contributed by atoms with Crippen molar-refractivity contribution in [1.29, 1.82) is 0 Å². The van der Waals surface area contributed by atoms with Crippen LogP contribution in [-0.4, -0.2) is 22.2 Å². The second-order valence-electron chi connectivity index (χ2n) is 4.44. The summed E-state index contributed by atoms with van der Waals surface area (Å²) in [6, 6.07) is 13.1. The number of nitrogens with one attached hydrogen (secondary N) is 1. The molecule has 0 heterocycles. The van der Waals surface area contributed by atoms with Gasteiger partial charge in [0.1, 0.15) is 23.3 Å². The number of rotatable bonds is 6. The lowest BCUT2D eigenvalue weighted by Gasteiger charge is -2.11. The summed E-state index contributed by atoms with van der Waals surface area (Å²) in [5.74, 6) is 0.578. The lowest BCUT2D eigenvalue weighted by molar-refractivity contribution is -0.138. The smallest absolute Gasteiger partial charge is 0.321 e. The number of hydrogen-bond acceptors (Lipinski definition) is 4. The molecule has 1 unspecified atom stereocenters. The molecule has 0 bridgehead atoms. The van der Waals surface area contributed by atoms with Crippen LogP contribution < -0.4 is 8.27 Å². The molecule has 0 aliphatic carbocycles. The number of aromatic hydroxyl groups is 1. The SMILES string of the molecule is O=C(O)C(Cc1ccc(Oc2ccc(O)cc2)cc1)NI. The zero-order valence-corrected chi connectivity index (χ0v) is 13.1. The topological polar surface area (TPSA) is 78.8 Å². The minimum atomic E-state index is -0.881. The third kappa shape index (κ3) is 4.61. The maximum absolute atomic E-state index is 11.0. The van der Waals surface area contributed by atoms with Gasteiger partial charge >= 0.3 is 5.97 Å². The Labute approximate surface area is 136 Å². The van der Waals surface area contributed by atoms with Crippen molar-refractivity contribution in [3.05, 3.63) is 54.1 Å². The number of carbonyl (C=O) groups is 1. The van der Waals surface area contributed by atoms with E-state index in [0.717, 1.165) is 5.56 Å². The summed E-state index contributed by atoms with van der Waals surface area (Å²) in [5, 5.41) is 18.2. The number of carboxylic acid groups (broad SMARTS) is 1. The molecule has 2 aromatic carbocycles. The zero-order valence-electron chi connectivity index (χ0n) is 11.0. The van der Waals surface area contributed by atoms with Gasteiger partial charge in [-0.1, -0.05) is 12.1 Å². The largest absolute Gasteiger partial charge is 0.508 e. The molecule has 0 aliphatic heterocycles. The van der Waals surface area contributed by atoms with Gasteiger partial charge in [-0.25, -0.2) is 3.53 Å². The van der Waals surface area contributed by atoms with Gasteiger partial charge in [0, 0.05) is 22.9 Å². The van der Waals surface area contributed by atoms with Gasteiger partial charge in [-0.15, -0.1) is 0 Å². The molecular formula is C15H14INO4. The van der Waals surface area contributed by atoms with Crippen LogP contribution in [0.5, 0.6) is 17.2 Å². The van der Waals surface area contributed by atoms with E-state index < -0.39 is 12.0 Å². The monoisotopic (exact) mass is 399 g/mol. The molecule has 2 aromatic rings. The normalized spacial score (nSPS) is 11.9. The zero-order chi connectivity index (χ0) is 15.2. The fraction of sp³-hybridized carbons (Fsp3) is 0.133. The van der Waals surface area contributed by atoms with E-state index in [1.807, 2.05) is 35.0 Å². The summed E-state index contributed by atoms with van der Waals surface area (Å²) in [6.45, 7) is 0. The summed E-state index contributed by atoms with van der Waals surface area (Å²) in [5.41, 5.74) is 0.907. The summed E-state index contributed by atoms with van der Waals surface area (Å²) in [7, 11) is 0. The highest BCUT2D eigenvalue weighted by atomic mass is 127. The minimum Gasteiger partial charge on any atom is -0.508 e. The van der Waals surface area contributed by atoms with Gasteiger partial charge < -0.3 is 14.9 Å². The van der Waals surface area contributed by atoms with E-state index in [9.17, 15) is 9.90 Å². The molecule has 0 aromatic heterocycles. The van der Waals surface area contributed by atoms with Crippen molar-refractivity contribution >= 4 is 28.8 Å². The highest BCUT2D eigenvalue weighted by Gasteiger charge is 2.15. The molecule has 0 amide bonds. The van der Waals surface area contributed by atoms with Gasteiger partial charge in [0.15, 0.2) is 0 Å². The third-order valence-electron chi connectivity index (χ3n) is 2.87. The number of phenols is 1. The molecule has 1 atom stereocenters. The summed E-state index contributed by atoms with van der Waals surface area (Å²) < 4.78 is 8.35. The van der Waals surface area contributed by atoms with Crippen LogP contribution in [0.2, 0.25) is 0 Å². The summed E-state index contributed by atoms with van der Waals surface area (Å²) in [6.07, 6.45) is 0.401. The van der Waals surface area contributed by atoms with Crippen LogP contribution in [0.25, 0.3) is 0 Å². The molecule has 0 aliphatic rings. The number of halogens is 1. The first-order valence-electron chi connectivity index (χ1n) is 6.23. The van der Waals surface area contributed by atoms with Crippen molar-refractivity contribution in [2.75, 3.05) is 0 Å². The number of benzene rings is 2. The van der Waals surface area contributed by atoms with Crippen LogP contribution in [-0.2, 0) is 11.2 Å². The average Bonchev–Trinajstić information content (AvgIpc) is 2.48. The molecule has 110 valence electrons. The van der Waals surface area contributed by atoms with Crippen molar-refractivity contribution in [3.63, 3.8) is 0 Å². The Bertz CT molecular complexity index is 598. The molecule has 21 heavy (non-hydrogen) atoms. The van der Waals surface area contributed by atoms with E-state index >= 15 is 0 Å². The quantitative estimate of drug-likeness (QED) is 0.514. The Hall–Kier alpha value is -1.80. The molecule has 0 radical (unpaired) electrons. The van der Waals surface area contributed by atoms with Gasteiger partial charge in [-0.3, -0.25) is 4.79 Å². The van der Waals surface area contributed by atoms with Gasteiger partial charge in [-0.05, 0) is 48.4 Å². The predicted octanol–water partition coefficient (Wildman–Crippen LogP) is 3.12. The van der Waals surface area contributed by atoms with E-state index in [2.05, 4.69) is 3.53 Å². The average molecular weight is 399 g/mol. The van der Waals surface area contributed by atoms with Crippen molar-refractivity contribution in [3.8, 4) is 17.2 Å². The lowest BCUT2D eigenvalue weighted by Crippen LogP contribution is -2.32. The summed E-state index contributed by atoms with van der Waals surface area (Å²) in [4.78, 5) is 11.0. The molecule has 6 heteroatoms. The minimum absolute atomic E-state index is 0.184. The molecule has 2 rings (SSSR count). The molecule has 0 fully saturated rings. The number of carboxylic acids is 1. The third-order valence-corrected chi connectivity index (χ3v) is 3.62. The van der Waals surface area contributed by atoms with Crippen LogP contribution in [0.4, 0.5) is 0 Å². The van der Waals surface area contributed by atoms with Crippen LogP contribution in [0.3, 0.4) is 0 Å². The fourth-order valence-electron chi connectivity index (χ4n) is 1.75. The van der Waals surface area contributed by atoms with Crippen LogP contribution in [0.15, 0.2) is 48.5 Å². The number of aliphatic carboxylic acids is 1. The maximum Gasteiger partial charge on any atom is 0.321 e. The number of hydrogen-bond donors (Lipinski definition) is 3. The second-order valence-corrected chi connectivity index (χ2v) is 5.07. The van der Waals surface area contributed by atoms with E-state index in [1.54, 1.807) is 36.4 Å².